The predicted molar refractivity (Wildman–Crippen MR) is 73.7 cm³/mol. The van der Waals surface area contributed by atoms with E-state index in [2.05, 4.69) is 36.2 Å². The van der Waals surface area contributed by atoms with Crippen molar-refractivity contribution >= 4 is 0 Å². The third-order valence-corrected chi connectivity index (χ3v) is 4.59. The van der Waals surface area contributed by atoms with Crippen LogP contribution < -0.4 is 0 Å². The van der Waals surface area contributed by atoms with E-state index in [0.29, 0.717) is 5.92 Å². The van der Waals surface area contributed by atoms with Crippen LogP contribution in [0.4, 0.5) is 0 Å². The van der Waals surface area contributed by atoms with Crippen molar-refractivity contribution in [3.8, 4) is 0 Å². The van der Waals surface area contributed by atoms with Crippen LogP contribution in [0.15, 0.2) is 24.3 Å². The van der Waals surface area contributed by atoms with Crippen molar-refractivity contribution in [2.45, 2.75) is 43.6 Å². The highest BCUT2D eigenvalue weighted by molar-refractivity contribution is 5.32. The predicted octanol–water partition coefficient (Wildman–Crippen LogP) is 2.87. The third-order valence-electron chi connectivity index (χ3n) is 4.59. The zero-order chi connectivity index (χ0) is 12.6. The van der Waals surface area contributed by atoms with Gasteiger partial charge in [0.1, 0.15) is 0 Å². The zero-order valence-electron chi connectivity index (χ0n) is 11.2. The van der Waals surface area contributed by atoms with Crippen LogP contribution in [0.5, 0.6) is 0 Å². The number of aliphatic hydroxyl groups is 1. The van der Waals surface area contributed by atoms with Gasteiger partial charge in [-0.05, 0) is 69.3 Å². The highest BCUT2D eigenvalue weighted by atomic mass is 16.3. The van der Waals surface area contributed by atoms with E-state index in [4.69, 9.17) is 0 Å². The second kappa shape index (κ2) is 4.67. The quantitative estimate of drug-likeness (QED) is 0.866. The van der Waals surface area contributed by atoms with Crippen LogP contribution in [-0.2, 0) is 5.60 Å². The molecule has 0 aromatic heterocycles. The van der Waals surface area contributed by atoms with Gasteiger partial charge < -0.3 is 10.0 Å². The van der Waals surface area contributed by atoms with E-state index in [1.807, 2.05) is 0 Å². The lowest BCUT2D eigenvalue weighted by molar-refractivity contribution is 0.151. The standard InChI is InChI=1S/C16H23NO/c1-17-11-2-3-13(8-12-17)14-4-6-15(7-5-14)16(18)9-10-16/h4-7,13,18H,2-3,8-12H2,1H3. The second-order valence-electron chi connectivity index (χ2n) is 6.08. The van der Waals surface area contributed by atoms with Gasteiger partial charge in [0.2, 0.25) is 0 Å². The molecule has 3 rings (SSSR count). The van der Waals surface area contributed by atoms with Crippen molar-refractivity contribution in [2.24, 2.45) is 0 Å². The summed E-state index contributed by atoms with van der Waals surface area (Å²) in [5, 5.41) is 10.1. The summed E-state index contributed by atoms with van der Waals surface area (Å²) in [5.41, 5.74) is 2.08. The van der Waals surface area contributed by atoms with Crippen molar-refractivity contribution in [3.63, 3.8) is 0 Å². The third kappa shape index (κ3) is 2.45. The molecule has 0 radical (unpaired) electrons. The van der Waals surface area contributed by atoms with Crippen molar-refractivity contribution in [2.75, 3.05) is 20.1 Å². The fourth-order valence-electron chi connectivity index (χ4n) is 3.05. The molecule has 2 fully saturated rings. The van der Waals surface area contributed by atoms with Gasteiger partial charge in [-0.15, -0.1) is 0 Å². The van der Waals surface area contributed by atoms with E-state index in [1.165, 1.54) is 37.9 Å². The number of hydrogen-bond donors (Lipinski definition) is 1. The molecule has 1 aliphatic carbocycles. The Morgan fingerprint density at radius 2 is 1.83 bits per heavy atom. The molecule has 1 unspecified atom stereocenters. The van der Waals surface area contributed by atoms with Crippen LogP contribution in [0.3, 0.4) is 0 Å². The van der Waals surface area contributed by atoms with Gasteiger partial charge in [0.15, 0.2) is 0 Å². The lowest BCUT2D eigenvalue weighted by Gasteiger charge is -2.16. The molecule has 1 saturated carbocycles. The molecule has 98 valence electrons. The molecule has 1 aromatic carbocycles. The summed E-state index contributed by atoms with van der Waals surface area (Å²) in [6.45, 7) is 2.44. The van der Waals surface area contributed by atoms with Crippen molar-refractivity contribution in [1.82, 2.24) is 4.90 Å². The van der Waals surface area contributed by atoms with Crippen LogP contribution >= 0.6 is 0 Å². The van der Waals surface area contributed by atoms with E-state index in [-0.39, 0.29) is 0 Å². The number of rotatable bonds is 2. The molecule has 0 amide bonds. The molecule has 2 heteroatoms. The molecule has 0 spiro atoms. The average molecular weight is 245 g/mol. The van der Waals surface area contributed by atoms with Crippen LogP contribution in [0, 0.1) is 0 Å². The van der Waals surface area contributed by atoms with Gasteiger partial charge in [0, 0.05) is 0 Å². The van der Waals surface area contributed by atoms with E-state index < -0.39 is 5.60 Å². The first-order chi connectivity index (χ1) is 8.67. The molecule has 2 aliphatic rings. The molecule has 0 bridgehead atoms. The Morgan fingerprint density at radius 3 is 2.50 bits per heavy atom. The summed E-state index contributed by atoms with van der Waals surface area (Å²) in [6, 6.07) is 8.75. The Kier molecular flexibility index (Phi) is 3.16. The average Bonchev–Trinajstić information content (AvgIpc) is 3.15. The Balaban J connectivity index is 1.72. The minimum Gasteiger partial charge on any atom is -0.385 e. The van der Waals surface area contributed by atoms with Gasteiger partial charge >= 0.3 is 0 Å². The lowest BCUT2D eigenvalue weighted by atomic mass is 9.91. The van der Waals surface area contributed by atoms with Gasteiger partial charge in [-0.3, -0.25) is 0 Å². The first-order valence-corrected chi connectivity index (χ1v) is 7.19. The summed E-state index contributed by atoms with van der Waals surface area (Å²) < 4.78 is 0. The van der Waals surface area contributed by atoms with Crippen LogP contribution in [0.25, 0.3) is 0 Å². The SMILES string of the molecule is CN1CCCC(c2ccc(C3(O)CC3)cc2)CC1. The maximum atomic E-state index is 10.1. The maximum absolute atomic E-state index is 10.1. The molecule has 1 aromatic rings. The molecule has 1 aliphatic heterocycles. The molecule has 1 atom stereocenters. The number of hydrogen-bond acceptors (Lipinski definition) is 2. The fraction of sp³-hybridized carbons (Fsp3) is 0.625. The lowest BCUT2D eigenvalue weighted by Crippen LogP contribution is -2.18. The highest BCUT2D eigenvalue weighted by Gasteiger charge is 2.41. The topological polar surface area (TPSA) is 23.5 Å². The minimum absolute atomic E-state index is 0.484. The van der Waals surface area contributed by atoms with E-state index in [9.17, 15) is 5.11 Å². The summed E-state index contributed by atoms with van der Waals surface area (Å²) in [7, 11) is 2.22. The Labute approximate surface area is 110 Å². The summed E-state index contributed by atoms with van der Waals surface area (Å²) in [5.74, 6) is 0.706. The van der Waals surface area contributed by atoms with Crippen LogP contribution in [-0.4, -0.2) is 30.1 Å². The number of likely N-dealkylation sites (tertiary alicyclic amines) is 1. The van der Waals surface area contributed by atoms with E-state index in [1.54, 1.807) is 0 Å². The van der Waals surface area contributed by atoms with Gasteiger partial charge in [0.05, 0.1) is 5.60 Å². The fourth-order valence-corrected chi connectivity index (χ4v) is 3.05. The molecule has 2 nitrogen and oxygen atoms in total. The normalized spacial score (nSPS) is 27.8. The Morgan fingerprint density at radius 1 is 1.11 bits per heavy atom. The van der Waals surface area contributed by atoms with Crippen molar-refractivity contribution in [3.05, 3.63) is 35.4 Å². The molecule has 1 saturated heterocycles. The molecule has 1 heterocycles. The van der Waals surface area contributed by atoms with Crippen LogP contribution in [0.1, 0.15) is 49.1 Å². The highest BCUT2D eigenvalue weighted by Crippen LogP contribution is 2.45. The monoisotopic (exact) mass is 245 g/mol. The largest absolute Gasteiger partial charge is 0.385 e. The smallest absolute Gasteiger partial charge is 0.0899 e. The first-order valence-electron chi connectivity index (χ1n) is 7.19. The Hall–Kier alpha value is -0.860. The number of benzene rings is 1. The van der Waals surface area contributed by atoms with E-state index >= 15 is 0 Å². The summed E-state index contributed by atoms with van der Waals surface area (Å²) in [6.07, 6.45) is 5.72. The second-order valence-corrected chi connectivity index (χ2v) is 6.08. The van der Waals surface area contributed by atoms with Gasteiger partial charge in [-0.1, -0.05) is 24.3 Å². The molecular formula is C16H23NO. The van der Waals surface area contributed by atoms with Gasteiger partial charge in [0.25, 0.3) is 0 Å². The van der Waals surface area contributed by atoms with Crippen molar-refractivity contribution in [1.29, 1.82) is 0 Å². The Bertz CT molecular complexity index is 408. The molecular weight excluding hydrogens is 222 g/mol. The van der Waals surface area contributed by atoms with Gasteiger partial charge in [-0.25, -0.2) is 0 Å². The minimum atomic E-state index is -0.484. The zero-order valence-corrected chi connectivity index (χ0v) is 11.2. The summed E-state index contributed by atoms with van der Waals surface area (Å²) >= 11 is 0. The van der Waals surface area contributed by atoms with E-state index in [0.717, 1.165) is 18.4 Å². The van der Waals surface area contributed by atoms with Crippen LogP contribution in [0.2, 0.25) is 0 Å². The number of nitrogens with zero attached hydrogens (tertiary/aromatic N) is 1. The first kappa shape index (κ1) is 12.2. The van der Waals surface area contributed by atoms with Gasteiger partial charge in [-0.2, -0.15) is 0 Å². The summed E-state index contributed by atoms with van der Waals surface area (Å²) in [4.78, 5) is 2.43. The maximum Gasteiger partial charge on any atom is 0.0899 e. The van der Waals surface area contributed by atoms with Crippen molar-refractivity contribution < 1.29 is 5.11 Å². The molecule has 18 heavy (non-hydrogen) atoms. The molecule has 1 N–H and O–H groups in total.